The van der Waals surface area contributed by atoms with E-state index in [0.717, 1.165) is 0 Å². The molecule has 96 valence electrons. The number of hydrogen-bond acceptors (Lipinski definition) is 2. The van der Waals surface area contributed by atoms with Crippen LogP contribution in [0.4, 0.5) is 10.1 Å². The molecule has 0 aliphatic heterocycles. The van der Waals surface area contributed by atoms with Gasteiger partial charge in [0.05, 0.1) is 0 Å². The third-order valence-corrected chi connectivity index (χ3v) is 2.51. The average molecular weight is 258 g/mol. The van der Waals surface area contributed by atoms with Crippen molar-refractivity contribution in [2.45, 2.75) is 0 Å². The molecule has 0 aliphatic carbocycles. The van der Waals surface area contributed by atoms with Crippen LogP contribution in [0, 0.1) is 5.82 Å². The zero-order valence-electron chi connectivity index (χ0n) is 9.89. The summed E-state index contributed by atoms with van der Waals surface area (Å²) in [5.41, 5.74) is 6.23. The summed E-state index contributed by atoms with van der Waals surface area (Å²) < 4.78 is 12.7. The molecule has 0 spiro atoms. The Balaban J connectivity index is 2.17. The number of amides is 2. The van der Waals surface area contributed by atoms with Gasteiger partial charge in [-0.2, -0.15) is 0 Å². The highest BCUT2D eigenvalue weighted by atomic mass is 19.1. The van der Waals surface area contributed by atoms with Gasteiger partial charge in [-0.05, 0) is 42.5 Å². The van der Waals surface area contributed by atoms with Gasteiger partial charge in [0.25, 0.3) is 5.91 Å². The molecule has 2 amide bonds. The summed E-state index contributed by atoms with van der Waals surface area (Å²) in [6.45, 7) is 0. The molecular weight excluding hydrogens is 247 g/mol. The van der Waals surface area contributed by atoms with Crippen LogP contribution in [0.5, 0.6) is 0 Å². The Hall–Kier alpha value is -2.69. The third kappa shape index (κ3) is 3.16. The van der Waals surface area contributed by atoms with Crippen molar-refractivity contribution in [3.8, 4) is 0 Å². The Bertz CT molecular complexity index is 624. The second-order valence-electron chi connectivity index (χ2n) is 3.91. The highest BCUT2D eigenvalue weighted by Gasteiger charge is 2.07. The Kier molecular flexibility index (Phi) is 3.56. The molecule has 19 heavy (non-hydrogen) atoms. The van der Waals surface area contributed by atoms with Gasteiger partial charge in [0.15, 0.2) is 0 Å². The van der Waals surface area contributed by atoms with Crippen molar-refractivity contribution in [2.24, 2.45) is 5.73 Å². The smallest absolute Gasteiger partial charge is 0.255 e. The van der Waals surface area contributed by atoms with Crippen molar-refractivity contribution >= 4 is 17.5 Å². The van der Waals surface area contributed by atoms with Crippen LogP contribution >= 0.6 is 0 Å². The first-order valence-corrected chi connectivity index (χ1v) is 5.53. The van der Waals surface area contributed by atoms with E-state index < -0.39 is 11.7 Å². The maximum absolute atomic E-state index is 12.7. The van der Waals surface area contributed by atoms with E-state index in [0.29, 0.717) is 16.8 Å². The summed E-state index contributed by atoms with van der Waals surface area (Å²) in [5.74, 6) is -1.37. The summed E-state index contributed by atoms with van der Waals surface area (Å²) in [7, 11) is 0. The molecule has 0 bridgehead atoms. The van der Waals surface area contributed by atoms with Crippen LogP contribution < -0.4 is 11.1 Å². The van der Waals surface area contributed by atoms with Crippen LogP contribution in [0.3, 0.4) is 0 Å². The fourth-order valence-corrected chi connectivity index (χ4v) is 1.55. The van der Waals surface area contributed by atoms with Gasteiger partial charge in [-0.3, -0.25) is 9.59 Å². The summed E-state index contributed by atoms with van der Waals surface area (Å²) >= 11 is 0. The van der Waals surface area contributed by atoms with Crippen molar-refractivity contribution in [1.82, 2.24) is 0 Å². The lowest BCUT2D eigenvalue weighted by Crippen LogP contribution is -2.14. The van der Waals surface area contributed by atoms with Crippen molar-refractivity contribution in [3.63, 3.8) is 0 Å². The first-order chi connectivity index (χ1) is 9.06. The molecule has 3 N–H and O–H groups in total. The standard InChI is InChI=1S/C14H11FN2O2/c15-11-6-4-9(5-7-11)14(19)17-12-3-1-2-10(8-12)13(16)18/h1-8H,(H2,16,18)(H,17,19). The number of carbonyl (C=O) groups excluding carboxylic acids is 2. The second kappa shape index (κ2) is 5.30. The normalized spacial score (nSPS) is 9.95. The molecule has 0 fully saturated rings. The van der Waals surface area contributed by atoms with Crippen molar-refractivity contribution in [3.05, 3.63) is 65.5 Å². The number of benzene rings is 2. The number of carbonyl (C=O) groups is 2. The average Bonchev–Trinajstić information content (AvgIpc) is 2.39. The van der Waals surface area contributed by atoms with Crippen LogP contribution in [-0.2, 0) is 0 Å². The minimum Gasteiger partial charge on any atom is -0.366 e. The fourth-order valence-electron chi connectivity index (χ4n) is 1.55. The fraction of sp³-hybridized carbons (Fsp3) is 0. The van der Waals surface area contributed by atoms with Gasteiger partial charge >= 0.3 is 0 Å². The Labute approximate surface area is 109 Å². The molecule has 2 aromatic rings. The quantitative estimate of drug-likeness (QED) is 0.885. The van der Waals surface area contributed by atoms with Gasteiger partial charge in [0, 0.05) is 16.8 Å². The zero-order chi connectivity index (χ0) is 13.8. The molecule has 0 radical (unpaired) electrons. The van der Waals surface area contributed by atoms with E-state index in [1.165, 1.54) is 30.3 Å². The SMILES string of the molecule is NC(=O)c1cccc(NC(=O)c2ccc(F)cc2)c1. The molecule has 4 nitrogen and oxygen atoms in total. The van der Waals surface area contributed by atoms with Crippen LogP contribution in [0.15, 0.2) is 48.5 Å². The summed E-state index contributed by atoms with van der Waals surface area (Å²) in [6, 6.07) is 11.4. The first-order valence-electron chi connectivity index (χ1n) is 5.53. The van der Waals surface area contributed by atoms with Crippen LogP contribution in [-0.4, -0.2) is 11.8 Å². The lowest BCUT2D eigenvalue weighted by atomic mass is 10.1. The Morgan fingerprint density at radius 3 is 2.32 bits per heavy atom. The molecule has 0 aromatic heterocycles. The molecule has 5 heteroatoms. The summed E-state index contributed by atoms with van der Waals surface area (Å²) in [5, 5.41) is 2.60. The highest BCUT2D eigenvalue weighted by Crippen LogP contribution is 2.12. The molecule has 0 atom stereocenters. The monoisotopic (exact) mass is 258 g/mol. The Morgan fingerprint density at radius 1 is 1.00 bits per heavy atom. The minimum absolute atomic E-state index is 0.303. The summed E-state index contributed by atoms with van der Waals surface area (Å²) in [4.78, 5) is 22.9. The van der Waals surface area contributed by atoms with Crippen LogP contribution in [0.1, 0.15) is 20.7 Å². The number of nitrogens with two attached hydrogens (primary N) is 1. The molecule has 0 saturated carbocycles. The maximum Gasteiger partial charge on any atom is 0.255 e. The second-order valence-corrected chi connectivity index (χ2v) is 3.91. The van der Waals surface area contributed by atoms with Gasteiger partial charge in [-0.1, -0.05) is 6.07 Å². The van der Waals surface area contributed by atoms with Gasteiger partial charge in [-0.25, -0.2) is 4.39 Å². The van der Waals surface area contributed by atoms with Crippen LogP contribution in [0.25, 0.3) is 0 Å². The number of hydrogen-bond donors (Lipinski definition) is 2. The van der Waals surface area contributed by atoms with E-state index in [4.69, 9.17) is 5.73 Å². The molecule has 0 unspecified atom stereocenters. The zero-order valence-corrected chi connectivity index (χ0v) is 9.89. The van der Waals surface area contributed by atoms with Gasteiger partial charge in [0.1, 0.15) is 5.82 Å². The van der Waals surface area contributed by atoms with Gasteiger partial charge < -0.3 is 11.1 Å². The van der Waals surface area contributed by atoms with E-state index in [9.17, 15) is 14.0 Å². The topological polar surface area (TPSA) is 72.2 Å². The van der Waals surface area contributed by atoms with Crippen LogP contribution in [0.2, 0.25) is 0 Å². The first kappa shape index (κ1) is 12.8. The minimum atomic E-state index is -0.571. The van der Waals surface area contributed by atoms with Gasteiger partial charge in [0.2, 0.25) is 5.91 Å². The summed E-state index contributed by atoms with van der Waals surface area (Å²) in [6.07, 6.45) is 0. The number of halogens is 1. The molecule has 2 aromatic carbocycles. The molecule has 0 aliphatic rings. The number of anilines is 1. The molecule has 2 rings (SSSR count). The molecule has 0 heterocycles. The lowest BCUT2D eigenvalue weighted by Gasteiger charge is -2.06. The van der Waals surface area contributed by atoms with E-state index in [2.05, 4.69) is 5.32 Å². The lowest BCUT2D eigenvalue weighted by molar-refractivity contribution is 0.0996. The predicted octanol–water partition coefficient (Wildman–Crippen LogP) is 2.18. The third-order valence-electron chi connectivity index (χ3n) is 2.51. The van der Waals surface area contributed by atoms with E-state index in [1.807, 2.05) is 0 Å². The number of primary amides is 1. The highest BCUT2D eigenvalue weighted by molar-refractivity contribution is 6.05. The largest absolute Gasteiger partial charge is 0.366 e. The maximum atomic E-state index is 12.7. The number of nitrogens with one attached hydrogen (secondary N) is 1. The van der Waals surface area contributed by atoms with E-state index in [-0.39, 0.29) is 5.91 Å². The number of rotatable bonds is 3. The van der Waals surface area contributed by atoms with Crippen molar-refractivity contribution < 1.29 is 14.0 Å². The van der Waals surface area contributed by atoms with Crippen molar-refractivity contribution in [1.29, 1.82) is 0 Å². The van der Waals surface area contributed by atoms with E-state index in [1.54, 1.807) is 18.2 Å². The molecule has 0 saturated heterocycles. The Morgan fingerprint density at radius 2 is 1.68 bits per heavy atom. The molecular formula is C14H11FN2O2. The van der Waals surface area contributed by atoms with E-state index >= 15 is 0 Å². The van der Waals surface area contributed by atoms with Crippen molar-refractivity contribution in [2.75, 3.05) is 5.32 Å². The predicted molar refractivity (Wildman–Crippen MR) is 69.3 cm³/mol. The van der Waals surface area contributed by atoms with Gasteiger partial charge in [-0.15, -0.1) is 0 Å².